The number of carbonyl (C=O) groups excluding carboxylic acids is 3. The van der Waals surface area contributed by atoms with Crippen LogP contribution < -0.4 is 9.64 Å². The van der Waals surface area contributed by atoms with Crippen molar-refractivity contribution in [2.24, 2.45) is 0 Å². The Morgan fingerprint density at radius 3 is 2.60 bits per heavy atom. The number of ether oxygens (including phenoxy) is 2. The molecule has 0 N–H and O–H groups in total. The van der Waals surface area contributed by atoms with E-state index in [4.69, 9.17) is 9.47 Å². The molecule has 2 heterocycles. The van der Waals surface area contributed by atoms with Crippen molar-refractivity contribution in [1.29, 1.82) is 0 Å². The second-order valence-electron chi connectivity index (χ2n) is 6.14. The third-order valence-electron chi connectivity index (χ3n) is 4.21. The minimum Gasteiger partial charge on any atom is -0.482 e. The molecule has 3 amide bonds. The lowest BCUT2D eigenvalue weighted by Gasteiger charge is -2.33. The van der Waals surface area contributed by atoms with Gasteiger partial charge in [-0.2, -0.15) is 0 Å². The van der Waals surface area contributed by atoms with Gasteiger partial charge in [0.25, 0.3) is 11.8 Å². The molecule has 0 spiro atoms. The van der Waals surface area contributed by atoms with Gasteiger partial charge in [-0.25, -0.2) is 0 Å². The van der Waals surface area contributed by atoms with Crippen LogP contribution in [0.5, 0.6) is 5.75 Å². The van der Waals surface area contributed by atoms with E-state index in [1.165, 1.54) is 9.80 Å². The summed E-state index contributed by atoms with van der Waals surface area (Å²) < 4.78 is 10.7. The van der Waals surface area contributed by atoms with E-state index in [2.05, 4.69) is 0 Å². The van der Waals surface area contributed by atoms with Crippen LogP contribution in [0.2, 0.25) is 0 Å². The summed E-state index contributed by atoms with van der Waals surface area (Å²) in [7, 11) is 3.31. The maximum absolute atomic E-state index is 12.5. The van der Waals surface area contributed by atoms with Crippen LogP contribution in [0.3, 0.4) is 0 Å². The summed E-state index contributed by atoms with van der Waals surface area (Å²) in [5.74, 6) is -0.137. The van der Waals surface area contributed by atoms with Crippen LogP contribution >= 0.6 is 0 Å². The van der Waals surface area contributed by atoms with Crippen molar-refractivity contribution in [2.45, 2.75) is 0 Å². The molecule has 3 rings (SSSR count). The lowest BCUT2D eigenvalue weighted by molar-refractivity contribution is -0.135. The highest BCUT2D eigenvalue weighted by molar-refractivity contribution is 6.04. The topological polar surface area (TPSA) is 79.4 Å². The average Bonchev–Trinajstić information content (AvgIpc) is 2.63. The van der Waals surface area contributed by atoms with Crippen LogP contribution in [0.4, 0.5) is 5.69 Å². The molecular weight excluding hydrogens is 326 g/mol. The number of benzene rings is 1. The van der Waals surface area contributed by atoms with Gasteiger partial charge in [0.15, 0.2) is 6.61 Å². The maximum atomic E-state index is 12.5. The number of hydrogen-bond donors (Lipinski definition) is 0. The number of nitrogens with zero attached hydrogens (tertiary/aromatic N) is 3. The molecule has 2 aliphatic heterocycles. The normalized spacial score (nSPS) is 17.0. The Morgan fingerprint density at radius 2 is 1.92 bits per heavy atom. The fourth-order valence-corrected chi connectivity index (χ4v) is 2.81. The Hall–Kier alpha value is -2.61. The minimum atomic E-state index is -0.302. The molecule has 2 aliphatic rings. The zero-order valence-corrected chi connectivity index (χ0v) is 14.4. The van der Waals surface area contributed by atoms with Crippen molar-refractivity contribution in [3.63, 3.8) is 0 Å². The summed E-state index contributed by atoms with van der Waals surface area (Å²) >= 11 is 0. The number of amides is 3. The maximum Gasteiger partial charge on any atom is 0.265 e. The molecule has 134 valence electrons. The zero-order chi connectivity index (χ0) is 18.0. The largest absolute Gasteiger partial charge is 0.482 e. The van der Waals surface area contributed by atoms with Crippen molar-refractivity contribution in [3.05, 3.63) is 23.8 Å². The van der Waals surface area contributed by atoms with Crippen LogP contribution in [-0.2, 0) is 14.3 Å². The summed E-state index contributed by atoms with van der Waals surface area (Å²) in [6, 6.07) is 4.91. The summed E-state index contributed by atoms with van der Waals surface area (Å²) in [6.45, 7) is 1.84. The van der Waals surface area contributed by atoms with Crippen LogP contribution in [0, 0.1) is 0 Å². The highest BCUT2D eigenvalue weighted by Crippen LogP contribution is 2.33. The second-order valence-corrected chi connectivity index (χ2v) is 6.14. The minimum absolute atomic E-state index is 0.0746. The fraction of sp³-hybridized carbons (Fsp3) is 0.471. The number of fused-ring (bicyclic) bond motifs is 1. The first-order valence-electron chi connectivity index (χ1n) is 8.12. The molecule has 1 aromatic carbocycles. The summed E-state index contributed by atoms with van der Waals surface area (Å²) in [5, 5.41) is 0. The van der Waals surface area contributed by atoms with E-state index >= 15 is 0 Å². The van der Waals surface area contributed by atoms with Crippen LogP contribution in [-0.4, -0.2) is 81.1 Å². The molecule has 0 aliphatic carbocycles. The molecular formula is C17H21N3O5. The van der Waals surface area contributed by atoms with Crippen molar-refractivity contribution in [1.82, 2.24) is 9.80 Å². The number of hydrogen-bond acceptors (Lipinski definition) is 5. The molecule has 8 heteroatoms. The molecule has 8 nitrogen and oxygen atoms in total. The Labute approximate surface area is 145 Å². The molecule has 1 saturated heterocycles. The summed E-state index contributed by atoms with van der Waals surface area (Å²) in [6.07, 6.45) is 0. The van der Waals surface area contributed by atoms with Crippen LogP contribution in [0.25, 0.3) is 0 Å². The van der Waals surface area contributed by atoms with Gasteiger partial charge in [0, 0.05) is 32.7 Å². The Kier molecular flexibility index (Phi) is 4.89. The fourth-order valence-electron chi connectivity index (χ4n) is 2.81. The SMILES string of the molecule is CN(C)C(=O)c1ccc2c(c1)N(CC(=O)N1CCOCC1)C(=O)CO2. The van der Waals surface area contributed by atoms with E-state index in [0.29, 0.717) is 43.3 Å². The van der Waals surface area contributed by atoms with E-state index in [0.717, 1.165) is 0 Å². The molecule has 25 heavy (non-hydrogen) atoms. The molecule has 1 fully saturated rings. The Morgan fingerprint density at radius 1 is 1.20 bits per heavy atom. The van der Waals surface area contributed by atoms with Gasteiger partial charge in [-0.3, -0.25) is 19.3 Å². The number of carbonyl (C=O) groups is 3. The third-order valence-corrected chi connectivity index (χ3v) is 4.21. The van der Waals surface area contributed by atoms with E-state index in [9.17, 15) is 14.4 Å². The number of anilines is 1. The van der Waals surface area contributed by atoms with Gasteiger partial charge < -0.3 is 19.3 Å². The number of morpholine rings is 1. The lowest BCUT2D eigenvalue weighted by Crippen LogP contribution is -2.49. The van der Waals surface area contributed by atoms with Crippen LogP contribution in [0.15, 0.2) is 18.2 Å². The van der Waals surface area contributed by atoms with Gasteiger partial charge in [-0.05, 0) is 18.2 Å². The van der Waals surface area contributed by atoms with E-state index < -0.39 is 0 Å². The number of rotatable bonds is 3. The predicted molar refractivity (Wildman–Crippen MR) is 89.7 cm³/mol. The molecule has 1 aromatic rings. The van der Waals surface area contributed by atoms with Crippen LogP contribution in [0.1, 0.15) is 10.4 Å². The van der Waals surface area contributed by atoms with Gasteiger partial charge >= 0.3 is 0 Å². The highest BCUT2D eigenvalue weighted by Gasteiger charge is 2.30. The second kappa shape index (κ2) is 7.10. The molecule has 0 saturated carbocycles. The van der Waals surface area contributed by atoms with Crippen molar-refractivity contribution >= 4 is 23.4 Å². The Bertz CT molecular complexity index is 698. The van der Waals surface area contributed by atoms with Gasteiger partial charge in [-0.1, -0.05) is 0 Å². The smallest absolute Gasteiger partial charge is 0.265 e. The van der Waals surface area contributed by atoms with Gasteiger partial charge in [0.1, 0.15) is 12.3 Å². The first-order chi connectivity index (χ1) is 12.0. The molecule has 0 bridgehead atoms. The lowest BCUT2D eigenvalue weighted by atomic mass is 10.1. The van der Waals surface area contributed by atoms with Crippen molar-refractivity contribution in [2.75, 3.05) is 58.5 Å². The van der Waals surface area contributed by atoms with Gasteiger partial charge in [0.2, 0.25) is 5.91 Å². The molecule has 0 unspecified atom stereocenters. The van der Waals surface area contributed by atoms with E-state index in [-0.39, 0.29) is 30.9 Å². The summed E-state index contributed by atoms with van der Waals surface area (Å²) in [4.78, 5) is 41.5. The third kappa shape index (κ3) is 3.58. The first kappa shape index (κ1) is 17.2. The Balaban J connectivity index is 1.85. The zero-order valence-electron chi connectivity index (χ0n) is 14.4. The van der Waals surface area contributed by atoms with E-state index in [1.54, 1.807) is 37.2 Å². The molecule has 0 aromatic heterocycles. The van der Waals surface area contributed by atoms with Gasteiger partial charge in [-0.15, -0.1) is 0 Å². The predicted octanol–water partition coefficient (Wildman–Crippen LogP) is -0.0274. The average molecular weight is 347 g/mol. The van der Waals surface area contributed by atoms with Crippen molar-refractivity contribution < 1.29 is 23.9 Å². The quantitative estimate of drug-likeness (QED) is 0.767. The first-order valence-corrected chi connectivity index (χ1v) is 8.12. The van der Waals surface area contributed by atoms with Crippen molar-refractivity contribution in [3.8, 4) is 5.75 Å². The van der Waals surface area contributed by atoms with E-state index in [1.807, 2.05) is 0 Å². The monoisotopic (exact) mass is 347 g/mol. The van der Waals surface area contributed by atoms with Gasteiger partial charge in [0.05, 0.1) is 18.9 Å². The highest BCUT2D eigenvalue weighted by atomic mass is 16.5. The molecule has 0 radical (unpaired) electrons. The molecule has 0 atom stereocenters. The summed E-state index contributed by atoms with van der Waals surface area (Å²) in [5.41, 5.74) is 0.886. The standard InChI is InChI=1S/C17H21N3O5/c1-18(2)17(23)12-3-4-14-13(9-12)20(16(22)11-25-14)10-15(21)19-5-7-24-8-6-19/h3-4,9H,5-8,10-11H2,1-2H3.